The second-order valence-electron chi connectivity index (χ2n) is 5.52. The van der Waals surface area contributed by atoms with E-state index in [2.05, 4.69) is 15.6 Å². The van der Waals surface area contributed by atoms with E-state index in [0.29, 0.717) is 22.4 Å². The van der Waals surface area contributed by atoms with E-state index < -0.39 is 0 Å². The quantitative estimate of drug-likeness (QED) is 0.882. The number of hydrogen-bond acceptors (Lipinski definition) is 3. The molecule has 0 aliphatic heterocycles. The highest BCUT2D eigenvalue weighted by molar-refractivity contribution is 6.30. The highest BCUT2D eigenvalue weighted by atomic mass is 35.5. The molecule has 114 valence electrons. The number of aromatic nitrogens is 1. The van der Waals surface area contributed by atoms with E-state index in [0.717, 1.165) is 5.69 Å². The molecule has 0 radical (unpaired) electrons. The summed E-state index contributed by atoms with van der Waals surface area (Å²) < 4.78 is 0. The fourth-order valence-electron chi connectivity index (χ4n) is 2.68. The van der Waals surface area contributed by atoms with Crippen molar-refractivity contribution < 1.29 is 4.79 Å². The number of amides is 1. The smallest absolute Gasteiger partial charge is 0.274 e. The molecule has 1 aromatic carbocycles. The normalized spacial score (nSPS) is 14.8. The molecule has 2 aromatic rings. The molecule has 1 saturated carbocycles. The van der Waals surface area contributed by atoms with Crippen LogP contribution in [0.15, 0.2) is 42.6 Å². The number of nitrogens with zero attached hydrogens (tertiary/aromatic N) is 1. The number of carbonyl (C=O) groups excluding carboxylic acids is 1. The largest absolute Gasteiger partial charge is 0.382 e. The first kappa shape index (κ1) is 14.9. The van der Waals surface area contributed by atoms with E-state index >= 15 is 0 Å². The van der Waals surface area contributed by atoms with Gasteiger partial charge in [-0.2, -0.15) is 0 Å². The fourth-order valence-corrected chi connectivity index (χ4v) is 2.80. The molecule has 1 aliphatic carbocycles. The zero-order valence-corrected chi connectivity index (χ0v) is 12.9. The predicted octanol–water partition coefficient (Wildman–Crippen LogP) is 4.34. The average Bonchev–Trinajstić information content (AvgIpc) is 3.03. The predicted molar refractivity (Wildman–Crippen MR) is 89.5 cm³/mol. The third-order valence-electron chi connectivity index (χ3n) is 3.82. The van der Waals surface area contributed by atoms with Crippen LogP contribution in [-0.4, -0.2) is 16.9 Å². The minimum Gasteiger partial charge on any atom is -0.382 e. The minimum absolute atomic E-state index is 0.225. The molecule has 4 nitrogen and oxygen atoms in total. The van der Waals surface area contributed by atoms with Crippen LogP contribution in [0.25, 0.3) is 0 Å². The van der Waals surface area contributed by atoms with Crippen LogP contribution < -0.4 is 10.6 Å². The third kappa shape index (κ3) is 3.77. The van der Waals surface area contributed by atoms with Gasteiger partial charge in [-0.1, -0.05) is 24.4 Å². The van der Waals surface area contributed by atoms with Crippen molar-refractivity contribution in [2.75, 3.05) is 10.6 Å². The van der Waals surface area contributed by atoms with Gasteiger partial charge in [-0.25, -0.2) is 0 Å². The topological polar surface area (TPSA) is 54.0 Å². The van der Waals surface area contributed by atoms with Crippen molar-refractivity contribution >= 4 is 28.9 Å². The van der Waals surface area contributed by atoms with Crippen molar-refractivity contribution in [1.29, 1.82) is 0 Å². The van der Waals surface area contributed by atoms with Crippen LogP contribution in [0.5, 0.6) is 0 Å². The summed E-state index contributed by atoms with van der Waals surface area (Å²) in [7, 11) is 0. The van der Waals surface area contributed by atoms with Gasteiger partial charge in [0, 0.05) is 28.6 Å². The van der Waals surface area contributed by atoms with Gasteiger partial charge in [0.05, 0.1) is 0 Å². The standard InChI is InChI=1S/C17H18ClN3O/c18-12-5-7-14(8-6-12)21-17(22)16-11-15(9-10-19-16)20-13-3-1-2-4-13/h5-11,13H,1-4H2,(H,19,20)(H,21,22). The van der Waals surface area contributed by atoms with Crippen molar-refractivity contribution in [3.8, 4) is 0 Å². The maximum absolute atomic E-state index is 12.3. The van der Waals surface area contributed by atoms with E-state index in [-0.39, 0.29) is 5.91 Å². The summed E-state index contributed by atoms with van der Waals surface area (Å²) >= 11 is 5.83. The lowest BCUT2D eigenvalue weighted by Gasteiger charge is -2.14. The second kappa shape index (κ2) is 6.79. The Labute approximate surface area is 134 Å². The minimum atomic E-state index is -0.225. The van der Waals surface area contributed by atoms with Gasteiger partial charge >= 0.3 is 0 Å². The van der Waals surface area contributed by atoms with Gasteiger partial charge in [0.1, 0.15) is 5.69 Å². The van der Waals surface area contributed by atoms with Gasteiger partial charge < -0.3 is 10.6 Å². The van der Waals surface area contributed by atoms with Crippen LogP contribution in [0.4, 0.5) is 11.4 Å². The maximum Gasteiger partial charge on any atom is 0.274 e. The highest BCUT2D eigenvalue weighted by Gasteiger charge is 2.15. The average molecular weight is 316 g/mol. The van der Waals surface area contributed by atoms with Gasteiger partial charge in [-0.05, 0) is 49.2 Å². The molecule has 2 N–H and O–H groups in total. The van der Waals surface area contributed by atoms with Crippen molar-refractivity contribution in [3.63, 3.8) is 0 Å². The number of benzene rings is 1. The summed E-state index contributed by atoms with van der Waals surface area (Å²) in [5.41, 5.74) is 2.05. The molecule has 22 heavy (non-hydrogen) atoms. The molecule has 1 heterocycles. The number of nitrogens with one attached hydrogen (secondary N) is 2. The lowest BCUT2D eigenvalue weighted by Crippen LogP contribution is -2.17. The number of pyridine rings is 1. The van der Waals surface area contributed by atoms with Gasteiger partial charge in [0.2, 0.25) is 0 Å². The Bertz CT molecular complexity index is 651. The Balaban J connectivity index is 1.67. The lowest BCUT2D eigenvalue weighted by atomic mass is 10.2. The molecule has 0 saturated heterocycles. The summed E-state index contributed by atoms with van der Waals surface area (Å²) in [6, 6.07) is 11.2. The molecule has 5 heteroatoms. The summed E-state index contributed by atoms with van der Waals surface area (Å²) in [6.45, 7) is 0. The van der Waals surface area contributed by atoms with Crippen molar-refractivity contribution in [2.45, 2.75) is 31.7 Å². The molecular weight excluding hydrogens is 298 g/mol. The number of hydrogen-bond donors (Lipinski definition) is 2. The lowest BCUT2D eigenvalue weighted by molar-refractivity contribution is 0.102. The van der Waals surface area contributed by atoms with Crippen LogP contribution in [0.1, 0.15) is 36.2 Å². The van der Waals surface area contributed by atoms with E-state index in [9.17, 15) is 4.79 Å². The number of carbonyl (C=O) groups is 1. The zero-order chi connectivity index (χ0) is 15.4. The molecule has 0 unspecified atom stereocenters. The fraction of sp³-hybridized carbons (Fsp3) is 0.294. The Morgan fingerprint density at radius 1 is 1.09 bits per heavy atom. The summed E-state index contributed by atoms with van der Waals surface area (Å²) in [6.07, 6.45) is 6.58. The van der Waals surface area contributed by atoms with Crippen molar-refractivity contribution in [3.05, 3.63) is 53.3 Å². The Morgan fingerprint density at radius 3 is 2.55 bits per heavy atom. The molecule has 3 rings (SSSR count). The molecule has 1 amide bonds. The first-order chi connectivity index (χ1) is 10.7. The SMILES string of the molecule is O=C(Nc1ccc(Cl)cc1)c1cc(NC2CCCC2)ccn1. The number of halogens is 1. The van der Waals surface area contributed by atoms with E-state index in [1.807, 2.05) is 6.07 Å². The Morgan fingerprint density at radius 2 is 1.82 bits per heavy atom. The maximum atomic E-state index is 12.3. The van der Waals surface area contributed by atoms with E-state index in [4.69, 9.17) is 11.6 Å². The van der Waals surface area contributed by atoms with Crippen LogP contribution in [0.2, 0.25) is 5.02 Å². The summed E-state index contributed by atoms with van der Waals surface area (Å²) in [5, 5.41) is 6.93. The Kier molecular flexibility index (Phi) is 4.59. The van der Waals surface area contributed by atoms with Crippen molar-refractivity contribution in [2.24, 2.45) is 0 Å². The Hall–Kier alpha value is -2.07. The third-order valence-corrected chi connectivity index (χ3v) is 4.07. The highest BCUT2D eigenvalue weighted by Crippen LogP contribution is 2.22. The monoisotopic (exact) mass is 315 g/mol. The van der Waals surface area contributed by atoms with Crippen LogP contribution in [0.3, 0.4) is 0 Å². The molecule has 0 spiro atoms. The zero-order valence-electron chi connectivity index (χ0n) is 12.2. The molecule has 1 fully saturated rings. The van der Waals surface area contributed by atoms with Gasteiger partial charge in [0.25, 0.3) is 5.91 Å². The van der Waals surface area contributed by atoms with Gasteiger partial charge in [-0.3, -0.25) is 9.78 Å². The first-order valence-electron chi connectivity index (χ1n) is 7.50. The molecule has 0 bridgehead atoms. The number of anilines is 2. The van der Waals surface area contributed by atoms with Crippen LogP contribution in [-0.2, 0) is 0 Å². The van der Waals surface area contributed by atoms with Crippen LogP contribution in [0, 0.1) is 0 Å². The van der Waals surface area contributed by atoms with E-state index in [1.165, 1.54) is 25.7 Å². The summed E-state index contributed by atoms with van der Waals surface area (Å²) in [5.74, 6) is -0.225. The molecular formula is C17H18ClN3O. The number of rotatable bonds is 4. The van der Waals surface area contributed by atoms with Crippen LogP contribution >= 0.6 is 11.6 Å². The molecule has 1 aromatic heterocycles. The first-order valence-corrected chi connectivity index (χ1v) is 7.88. The van der Waals surface area contributed by atoms with Gasteiger partial charge in [0.15, 0.2) is 0 Å². The van der Waals surface area contributed by atoms with Crippen molar-refractivity contribution in [1.82, 2.24) is 4.98 Å². The molecule has 0 atom stereocenters. The van der Waals surface area contributed by atoms with Gasteiger partial charge in [-0.15, -0.1) is 0 Å². The molecule has 1 aliphatic rings. The second-order valence-corrected chi connectivity index (χ2v) is 5.95. The summed E-state index contributed by atoms with van der Waals surface area (Å²) in [4.78, 5) is 16.4. The van der Waals surface area contributed by atoms with E-state index in [1.54, 1.807) is 36.5 Å².